The quantitative estimate of drug-likeness (QED) is 0.0132. The SMILES string of the molecule is CC(C)[C@H](NC(=O)OCc1ccccc1)C(=O)OC1CCC(C(=O)OCOP(=O)(O)C(O)(CCCNC(=O)OCc2ccccc2)P(=O)(O)OCOC(=O)C2CCC(OC(=O)[C@@H](NC(=O)OCc3ccccc3)C(C)C)CC2)CC1. The lowest BCUT2D eigenvalue weighted by atomic mass is 9.87. The predicted octanol–water partition coefficient (Wildman–Crippen LogP) is 7.85. The van der Waals surface area contributed by atoms with E-state index in [0.717, 1.165) is 11.1 Å². The van der Waals surface area contributed by atoms with E-state index in [-0.39, 0.29) is 89.6 Å². The number of rotatable bonds is 28. The Labute approximate surface area is 464 Å². The molecule has 3 aromatic carbocycles. The molecule has 2 aliphatic carbocycles. The molecule has 0 bridgehead atoms. The monoisotopic (exact) mass is 1160 g/mol. The van der Waals surface area contributed by atoms with E-state index < -0.39 is 125 Å². The number of ether oxygens (including phenoxy) is 7. The molecule has 440 valence electrons. The van der Waals surface area contributed by atoms with Crippen LogP contribution in [-0.2, 0) is 90.3 Å². The van der Waals surface area contributed by atoms with Crippen LogP contribution in [-0.4, -0.2) is 107 Å². The Morgan fingerprint density at radius 3 is 1.20 bits per heavy atom. The van der Waals surface area contributed by atoms with Crippen molar-refractivity contribution in [1.82, 2.24) is 16.0 Å². The van der Waals surface area contributed by atoms with Gasteiger partial charge in [0, 0.05) is 13.0 Å². The van der Waals surface area contributed by atoms with Gasteiger partial charge in [0.25, 0.3) is 5.08 Å². The molecule has 2 aliphatic rings. The van der Waals surface area contributed by atoms with Gasteiger partial charge in [-0.05, 0) is 86.3 Å². The molecule has 3 aromatic rings. The number of hydrogen-bond donors (Lipinski definition) is 6. The fourth-order valence-electron chi connectivity index (χ4n) is 8.57. The van der Waals surface area contributed by atoms with Crippen LogP contribution in [0.25, 0.3) is 0 Å². The molecule has 0 heterocycles. The summed E-state index contributed by atoms with van der Waals surface area (Å²) < 4.78 is 74.8. The lowest BCUT2D eigenvalue weighted by molar-refractivity contribution is -0.162. The fraction of sp³-hybridized carbons (Fsp3) is 0.537. The highest BCUT2D eigenvalue weighted by molar-refractivity contribution is 7.72. The van der Waals surface area contributed by atoms with Gasteiger partial charge in [0.1, 0.15) is 44.1 Å². The lowest BCUT2D eigenvalue weighted by Gasteiger charge is -2.34. The van der Waals surface area contributed by atoms with Crippen LogP contribution in [0.2, 0.25) is 0 Å². The Hall–Kier alpha value is -6.39. The molecule has 4 atom stereocenters. The molecule has 2 unspecified atom stereocenters. The van der Waals surface area contributed by atoms with Crippen LogP contribution in [0, 0.1) is 23.7 Å². The molecule has 0 saturated heterocycles. The van der Waals surface area contributed by atoms with Crippen molar-refractivity contribution < 1.29 is 99.8 Å². The zero-order valence-electron chi connectivity index (χ0n) is 45.2. The van der Waals surface area contributed by atoms with Gasteiger partial charge in [-0.25, -0.2) is 24.0 Å². The van der Waals surface area contributed by atoms with E-state index in [9.17, 15) is 57.6 Å². The molecule has 80 heavy (non-hydrogen) atoms. The molecule has 0 radical (unpaired) electrons. The lowest BCUT2D eigenvalue weighted by Crippen LogP contribution is -2.46. The number of carbonyl (C=O) groups excluding carboxylic acids is 7. The number of aliphatic hydroxyl groups is 1. The summed E-state index contributed by atoms with van der Waals surface area (Å²) in [6.45, 7) is 3.84. The highest BCUT2D eigenvalue weighted by atomic mass is 31.2. The average molecular weight is 1160 g/mol. The van der Waals surface area contributed by atoms with Gasteiger partial charge < -0.3 is 64.0 Å². The molecule has 0 aromatic heterocycles. The third kappa shape index (κ3) is 20.3. The predicted molar refractivity (Wildman–Crippen MR) is 283 cm³/mol. The summed E-state index contributed by atoms with van der Waals surface area (Å²) in [7, 11) is -11.6. The van der Waals surface area contributed by atoms with Gasteiger partial charge in [0.15, 0.2) is 0 Å². The summed E-state index contributed by atoms with van der Waals surface area (Å²) in [5.41, 5.74) is 2.18. The Bertz CT molecular complexity index is 2440. The Morgan fingerprint density at radius 2 is 0.863 bits per heavy atom. The minimum Gasteiger partial charge on any atom is -0.461 e. The zero-order chi connectivity index (χ0) is 58.3. The van der Waals surface area contributed by atoms with Crippen molar-refractivity contribution in [3.63, 3.8) is 0 Å². The van der Waals surface area contributed by atoms with Gasteiger partial charge in [-0.2, -0.15) is 0 Å². The molecular weight excluding hydrogens is 1090 g/mol. The molecule has 3 amide bonds. The van der Waals surface area contributed by atoms with Crippen molar-refractivity contribution in [3.05, 3.63) is 108 Å². The smallest absolute Gasteiger partial charge is 0.408 e. The van der Waals surface area contributed by atoms with Crippen LogP contribution in [0.15, 0.2) is 91.0 Å². The molecule has 2 saturated carbocycles. The molecule has 0 spiro atoms. The van der Waals surface area contributed by atoms with E-state index in [1.807, 2.05) is 12.1 Å². The first kappa shape index (κ1) is 64.4. The molecule has 2 fully saturated rings. The highest BCUT2D eigenvalue weighted by Crippen LogP contribution is 2.73. The van der Waals surface area contributed by atoms with E-state index >= 15 is 0 Å². The van der Waals surface area contributed by atoms with Crippen molar-refractivity contribution in [1.29, 1.82) is 0 Å². The molecular formula is C54H73N3O21P2. The standard InChI is InChI=1S/C54H73N3O21P2/c1-36(2)45(56-52(63)71-32-39-17-10-6-11-18-39)49(60)77-43-25-21-41(22-26-43)47(58)73-34-75-79(66,67)54(65,29-14-30-55-51(62)70-31-38-15-8-5-9-16-38)80(68,69)76-35-74-48(59)42-23-27-44(28-24-42)78-50(61)46(37(3)4)57-53(64)72-33-40-19-12-7-13-20-40/h5-13,15-20,36-37,41-46,65H,14,21-35H2,1-4H3,(H,55,62)(H,56,63)(H,57,64)(H,66,67)(H,68,69)/t41?,42?,43?,44?,45-,46-,54?/m0/s1. The number of nitrogens with one attached hydrogen (secondary N) is 3. The third-order valence-corrected chi connectivity index (χ3v) is 18.0. The van der Waals surface area contributed by atoms with Gasteiger partial charge in [-0.15, -0.1) is 0 Å². The van der Waals surface area contributed by atoms with Crippen LogP contribution in [0.5, 0.6) is 0 Å². The van der Waals surface area contributed by atoms with Crippen LogP contribution < -0.4 is 16.0 Å². The Morgan fingerprint density at radius 1 is 0.525 bits per heavy atom. The Kier molecular flexibility index (Phi) is 25.4. The second-order valence-electron chi connectivity index (χ2n) is 20.0. The fourth-order valence-corrected chi connectivity index (χ4v) is 11.9. The first-order chi connectivity index (χ1) is 38.1. The highest BCUT2D eigenvalue weighted by Gasteiger charge is 2.62. The van der Waals surface area contributed by atoms with E-state index in [2.05, 4.69) is 16.0 Å². The molecule has 5 rings (SSSR count). The maximum absolute atomic E-state index is 13.8. The van der Waals surface area contributed by atoms with Crippen molar-refractivity contribution in [2.24, 2.45) is 23.7 Å². The summed E-state index contributed by atoms with van der Waals surface area (Å²) in [6.07, 6.45) is -3.82. The number of alkyl carbamates (subject to hydrolysis) is 3. The van der Waals surface area contributed by atoms with E-state index in [4.69, 9.17) is 42.2 Å². The van der Waals surface area contributed by atoms with Crippen molar-refractivity contribution in [2.45, 2.75) is 141 Å². The van der Waals surface area contributed by atoms with Crippen LogP contribution in [0.1, 0.15) is 109 Å². The van der Waals surface area contributed by atoms with Crippen LogP contribution in [0.4, 0.5) is 14.4 Å². The minimum absolute atomic E-state index is 0.00942. The van der Waals surface area contributed by atoms with E-state index in [0.29, 0.717) is 5.56 Å². The zero-order valence-corrected chi connectivity index (χ0v) is 47.0. The van der Waals surface area contributed by atoms with E-state index in [1.165, 1.54) is 0 Å². The van der Waals surface area contributed by atoms with Crippen LogP contribution >= 0.6 is 15.2 Å². The van der Waals surface area contributed by atoms with Gasteiger partial charge in [-0.3, -0.25) is 27.8 Å². The maximum atomic E-state index is 13.8. The molecule has 0 aliphatic heterocycles. The third-order valence-electron chi connectivity index (χ3n) is 13.3. The van der Waals surface area contributed by atoms with E-state index in [1.54, 1.807) is 107 Å². The number of carbonyl (C=O) groups is 7. The first-order valence-corrected chi connectivity index (χ1v) is 29.5. The second-order valence-corrected chi connectivity index (χ2v) is 24.4. The van der Waals surface area contributed by atoms with Gasteiger partial charge in [-0.1, -0.05) is 119 Å². The largest absolute Gasteiger partial charge is 0.461 e. The summed E-state index contributed by atoms with van der Waals surface area (Å²) in [5.74, 6) is -5.49. The number of amides is 3. The molecule has 26 heteroatoms. The normalized spacial score (nSPS) is 20.2. The summed E-state index contributed by atoms with van der Waals surface area (Å²) >= 11 is 0. The van der Waals surface area contributed by atoms with Gasteiger partial charge >= 0.3 is 57.3 Å². The number of hydrogen-bond acceptors (Lipinski definition) is 19. The van der Waals surface area contributed by atoms with Crippen molar-refractivity contribution >= 4 is 57.3 Å². The van der Waals surface area contributed by atoms with Gasteiger partial charge in [0.05, 0.1) is 11.8 Å². The average Bonchev–Trinajstić information content (AvgIpc) is 3.47. The second kappa shape index (κ2) is 31.6. The summed E-state index contributed by atoms with van der Waals surface area (Å²) in [4.78, 5) is 112. The van der Waals surface area contributed by atoms with Crippen molar-refractivity contribution in [2.75, 3.05) is 20.1 Å². The summed E-state index contributed by atoms with van der Waals surface area (Å²) in [6, 6.07) is 24.5. The molecule has 6 N–H and O–H groups in total. The topological polar surface area (TPSA) is 333 Å². The minimum atomic E-state index is -5.78. The van der Waals surface area contributed by atoms with Crippen molar-refractivity contribution in [3.8, 4) is 0 Å². The number of benzene rings is 3. The summed E-state index contributed by atoms with van der Waals surface area (Å²) in [5, 5.41) is 15.5. The first-order valence-electron chi connectivity index (χ1n) is 26.4. The van der Waals surface area contributed by atoms with Crippen LogP contribution in [0.3, 0.4) is 0 Å². The van der Waals surface area contributed by atoms with Gasteiger partial charge in [0.2, 0.25) is 13.6 Å². The Balaban J connectivity index is 1.10. The molecule has 24 nitrogen and oxygen atoms in total. The number of esters is 4. The maximum Gasteiger partial charge on any atom is 0.408 e.